The van der Waals surface area contributed by atoms with Crippen molar-refractivity contribution in [2.45, 2.75) is 54.1 Å². The molecule has 10 rings (SSSR count). The maximum absolute atomic E-state index is 12.6. The van der Waals surface area contributed by atoms with Crippen LogP contribution in [0.2, 0.25) is 0 Å². The van der Waals surface area contributed by atoms with Crippen LogP contribution in [0.4, 0.5) is 0 Å². The number of fused-ring (bicyclic) bond motifs is 9. The number of rotatable bonds is 4. The second kappa shape index (κ2) is 13.6. The highest BCUT2D eigenvalue weighted by Gasteiger charge is 2.61. The molecule has 324 valence electrons. The zero-order valence-corrected chi connectivity index (χ0v) is 32.1. The Bertz CT molecular complexity index is 2900. The van der Waals surface area contributed by atoms with E-state index >= 15 is 0 Å². The summed E-state index contributed by atoms with van der Waals surface area (Å²) in [5.41, 5.74) is -0.529. The number of aliphatic hydroxyl groups excluding tert-OH is 3. The van der Waals surface area contributed by atoms with Crippen molar-refractivity contribution in [3.05, 3.63) is 124 Å². The van der Waals surface area contributed by atoms with Gasteiger partial charge in [0.25, 0.3) is 0 Å². The zero-order valence-electron chi connectivity index (χ0n) is 32.1. The summed E-state index contributed by atoms with van der Waals surface area (Å²) >= 11 is 0. The topological polar surface area (TPSA) is 320 Å². The predicted octanol–water partition coefficient (Wildman–Crippen LogP) is 4.44. The summed E-state index contributed by atoms with van der Waals surface area (Å²) < 4.78 is 25.5. The van der Waals surface area contributed by atoms with E-state index in [2.05, 4.69) is 0 Å². The van der Waals surface area contributed by atoms with Crippen LogP contribution in [0.1, 0.15) is 68.9 Å². The van der Waals surface area contributed by atoms with Crippen LogP contribution < -0.4 is 18.9 Å². The smallest absolute Gasteiger partial charge is 0.305 e. The Hall–Kier alpha value is -7.80. The minimum atomic E-state index is -2.32. The molecule has 6 aromatic rings. The Balaban J connectivity index is 1.26. The van der Waals surface area contributed by atoms with Crippen molar-refractivity contribution in [2.24, 2.45) is 0 Å². The molecule has 0 radical (unpaired) electrons. The van der Waals surface area contributed by atoms with Crippen LogP contribution in [0.15, 0.2) is 84.9 Å². The van der Waals surface area contributed by atoms with Crippen molar-refractivity contribution >= 4 is 0 Å². The van der Waals surface area contributed by atoms with Crippen molar-refractivity contribution < 1.29 is 90.4 Å². The van der Waals surface area contributed by atoms with E-state index in [0.717, 1.165) is 66.7 Å². The maximum Gasteiger partial charge on any atom is 0.305 e. The molecule has 0 spiro atoms. The highest BCUT2D eigenvalue weighted by molar-refractivity contribution is 5.70. The van der Waals surface area contributed by atoms with Gasteiger partial charge in [-0.15, -0.1) is 0 Å². The molecule has 0 aromatic heterocycles. The lowest BCUT2D eigenvalue weighted by atomic mass is 9.67. The average Bonchev–Trinajstić information content (AvgIpc) is 3.21. The molecule has 0 saturated carbocycles. The molecule has 2 bridgehead atoms. The molecule has 0 fully saturated rings. The van der Waals surface area contributed by atoms with Crippen molar-refractivity contribution in [2.75, 3.05) is 0 Å². The Kier molecular flexibility index (Phi) is 8.49. The SMILES string of the molecule is Oc1cc(O)c2c(c1)O[C@H](c1ccc(O)c(O)c1)[C@H](O)C2[C@H]1c2c(O)cc3c(c2O[C@H](c2ccc(O)c(O)c2)[C@@H]1O)[C@H]1c2c(O)cc(O)cc2O[C@@](c2ccc(O)c(O)c2)(O3)[C@@H]1O. The van der Waals surface area contributed by atoms with Crippen LogP contribution >= 0.6 is 0 Å². The van der Waals surface area contributed by atoms with Gasteiger partial charge in [-0.25, -0.2) is 0 Å². The number of phenols is 11. The quantitative estimate of drug-likeness (QED) is 0.109. The summed E-state index contributed by atoms with van der Waals surface area (Å²) in [5, 5.41) is 156. The van der Waals surface area contributed by atoms with E-state index in [1.165, 1.54) is 18.2 Å². The fourth-order valence-electron chi connectivity index (χ4n) is 9.55. The predicted molar refractivity (Wildman–Crippen MR) is 212 cm³/mol. The molecule has 18 nitrogen and oxygen atoms in total. The van der Waals surface area contributed by atoms with Crippen LogP contribution in [-0.2, 0) is 5.79 Å². The number of ether oxygens (including phenoxy) is 4. The Morgan fingerprint density at radius 1 is 0.397 bits per heavy atom. The molecule has 0 saturated heterocycles. The molecule has 0 aliphatic carbocycles. The molecule has 9 atom stereocenters. The summed E-state index contributed by atoms with van der Waals surface area (Å²) in [5.74, 6) is -14.0. The normalized spacial score (nSPS) is 26.3. The fraction of sp³-hybridized carbons (Fsp3) is 0.200. The van der Waals surface area contributed by atoms with Gasteiger partial charge < -0.3 is 90.4 Å². The zero-order chi connectivity index (χ0) is 44.5. The van der Waals surface area contributed by atoms with Gasteiger partial charge in [0.05, 0.1) is 5.92 Å². The van der Waals surface area contributed by atoms with E-state index in [0.29, 0.717) is 0 Å². The van der Waals surface area contributed by atoms with Gasteiger partial charge in [-0.2, -0.15) is 0 Å². The molecule has 4 heterocycles. The summed E-state index contributed by atoms with van der Waals surface area (Å²) in [6, 6.07) is 15.9. The number of phenolic OH excluding ortho intramolecular Hbond substituents is 11. The van der Waals surface area contributed by atoms with E-state index in [-0.39, 0.29) is 61.9 Å². The fourth-order valence-corrected chi connectivity index (χ4v) is 9.55. The first-order valence-corrected chi connectivity index (χ1v) is 19.3. The molecule has 14 N–H and O–H groups in total. The van der Waals surface area contributed by atoms with E-state index in [9.17, 15) is 71.5 Å². The van der Waals surface area contributed by atoms with Gasteiger partial charge in [0.15, 0.2) is 46.7 Å². The highest BCUT2D eigenvalue weighted by atomic mass is 16.7. The van der Waals surface area contributed by atoms with Gasteiger partial charge in [-0.05, 0) is 53.6 Å². The standard InChI is InChI=1S/C45H36O18/c46-18-10-26(54)32-29(12-18)60-41(15-1-4-20(48)23(51)7-15)39(57)36(32)37-34-28(56)14-31-35(43(34)61-42(40(37)58)16-2-5-21(49)24(52)8-16)38-33-27(55)11-19(47)13-30(33)62-45(63-31,44(38)59)17-3-6-22(50)25(53)9-17/h1-14,36-42,44,46-59H/t36?,37-,38-,39-,40-,41-,42-,44-,45+/m1/s1. The third-order valence-corrected chi connectivity index (χ3v) is 12.3. The first kappa shape index (κ1) is 39.3. The first-order valence-electron chi connectivity index (χ1n) is 19.3. The van der Waals surface area contributed by atoms with Crippen molar-refractivity contribution in [1.82, 2.24) is 0 Å². The molecule has 1 unspecified atom stereocenters. The van der Waals surface area contributed by atoms with Gasteiger partial charge in [0, 0.05) is 70.0 Å². The second-order valence-electron chi connectivity index (χ2n) is 15.9. The van der Waals surface area contributed by atoms with Gasteiger partial charge in [-0.1, -0.05) is 12.1 Å². The number of aliphatic hydroxyl groups is 3. The minimum absolute atomic E-state index is 0.0357. The van der Waals surface area contributed by atoms with Crippen LogP contribution in [0, 0.1) is 0 Å². The summed E-state index contributed by atoms with van der Waals surface area (Å²) in [6.07, 6.45) is -8.58. The van der Waals surface area contributed by atoms with Gasteiger partial charge >= 0.3 is 5.79 Å². The Labute approximate surface area is 354 Å². The van der Waals surface area contributed by atoms with Crippen molar-refractivity contribution in [1.29, 1.82) is 0 Å². The average molecular weight is 865 g/mol. The van der Waals surface area contributed by atoms with E-state index in [1.54, 1.807) is 0 Å². The summed E-state index contributed by atoms with van der Waals surface area (Å²) in [4.78, 5) is 0. The highest BCUT2D eigenvalue weighted by Crippen LogP contribution is 2.66. The first-order chi connectivity index (χ1) is 30.0. The lowest BCUT2D eigenvalue weighted by Gasteiger charge is -2.51. The van der Waals surface area contributed by atoms with Crippen LogP contribution in [-0.4, -0.2) is 89.8 Å². The maximum atomic E-state index is 12.6. The largest absolute Gasteiger partial charge is 0.508 e. The number of benzene rings is 6. The van der Waals surface area contributed by atoms with Crippen molar-refractivity contribution in [3.8, 4) is 86.2 Å². The molecule has 4 aliphatic rings. The van der Waals surface area contributed by atoms with Crippen LogP contribution in [0.3, 0.4) is 0 Å². The summed E-state index contributed by atoms with van der Waals surface area (Å²) in [6.45, 7) is 0. The molecule has 0 amide bonds. The van der Waals surface area contributed by atoms with Crippen LogP contribution in [0.25, 0.3) is 0 Å². The number of hydrogen-bond acceptors (Lipinski definition) is 18. The Morgan fingerprint density at radius 2 is 0.873 bits per heavy atom. The molecular weight excluding hydrogens is 828 g/mol. The lowest BCUT2D eigenvalue weighted by Crippen LogP contribution is -2.57. The third kappa shape index (κ3) is 5.68. The lowest BCUT2D eigenvalue weighted by molar-refractivity contribution is -0.219. The van der Waals surface area contributed by atoms with Gasteiger partial charge in [0.2, 0.25) is 0 Å². The van der Waals surface area contributed by atoms with Crippen molar-refractivity contribution in [3.63, 3.8) is 0 Å². The van der Waals surface area contributed by atoms with Gasteiger partial charge in [-0.3, -0.25) is 0 Å². The Morgan fingerprint density at radius 3 is 1.44 bits per heavy atom. The third-order valence-electron chi connectivity index (χ3n) is 12.3. The molecule has 63 heavy (non-hydrogen) atoms. The van der Waals surface area contributed by atoms with E-state index < -0.39 is 117 Å². The van der Waals surface area contributed by atoms with Crippen LogP contribution in [0.5, 0.6) is 86.2 Å². The van der Waals surface area contributed by atoms with E-state index in [1.807, 2.05) is 0 Å². The second-order valence-corrected chi connectivity index (χ2v) is 15.9. The molecule has 18 heteroatoms. The molecule has 4 aliphatic heterocycles. The van der Waals surface area contributed by atoms with E-state index in [4.69, 9.17) is 18.9 Å². The monoisotopic (exact) mass is 864 g/mol. The minimum Gasteiger partial charge on any atom is -0.508 e. The van der Waals surface area contributed by atoms with Gasteiger partial charge in [0.1, 0.15) is 70.1 Å². The molecular formula is C45H36O18. The number of aromatic hydroxyl groups is 11. The summed E-state index contributed by atoms with van der Waals surface area (Å²) in [7, 11) is 0. The molecule has 6 aromatic carbocycles. The number of hydrogen-bond donors (Lipinski definition) is 14.